The SMILES string of the molecule is CC.CC.Cc1ccc(C(=O)O)c[n+]1CCCSNO. The van der Waals surface area contributed by atoms with E-state index in [4.69, 9.17) is 10.3 Å². The number of nitrogens with zero attached hydrogens (tertiary/aromatic N) is 1. The Labute approximate surface area is 126 Å². The van der Waals surface area contributed by atoms with Gasteiger partial charge < -0.3 is 10.3 Å². The lowest BCUT2D eigenvalue weighted by Crippen LogP contribution is -2.38. The van der Waals surface area contributed by atoms with Gasteiger partial charge in [-0.1, -0.05) is 39.6 Å². The monoisotopic (exact) mass is 303 g/mol. The molecule has 116 valence electrons. The topological polar surface area (TPSA) is 73.4 Å². The van der Waals surface area contributed by atoms with Gasteiger partial charge in [0.25, 0.3) is 0 Å². The Kier molecular flexibility index (Phi) is 15.2. The molecule has 0 bridgehead atoms. The minimum absolute atomic E-state index is 0.290. The van der Waals surface area contributed by atoms with Crippen LogP contribution in [0.2, 0.25) is 0 Å². The molecule has 0 radical (unpaired) electrons. The zero-order valence-electron chi connectivity index (χ0n) is 13.0. The Morgan fingerprint density at radius 1 is 1.30 bits per heavy atom. The molecule has 0 aliphatic carbocycles. The number of aryl methyl sites for hydroxylation is 2. The van der Waals surface area contributed by atoms with E-state index < -0.39 is 5.97 Å². The molecule has 0 spiro atoms. The van der Waals surface area contributed by atoms with Crippen molar-refractivity contribution in [2.75, 3.05) is 5.75 Å². The molecule has 0 aromatic carbocycles. The maximum atomic E-state index is 10.8. The highest BCUT2D eigenvalue weighted by Gasteiger charge is 2.11. The maximum absolute atomic E-state index is 10.8. The predicted octanol–water partition coefficient (Wildman–Crippen LogP) is 3.05. The van der Waals surface area contributed by atoms with Crippen LogP contribution in [0.5, 0.6) is 0 Å². The Balaban J connectivity index is 0. The summed E-state index contributed by atoms with van der Waals surface area (Å²) >= 11 is 1.22. The van der Waals surface area contributed by atoms with E-state index >= 15 is 0 Å². The van der Waals surface area contributed by atoms with Crippen LogP contribution in [0.3, 0.4) is 0 Å². The summed E-state index contributed by atoms with van der Waals surface area (Å²) in [5.41, 5.74) is 1.31. The standard InChI is InChI=1S/C10H14N2O3S.2C2H6/c1-8-3-4-9(10(13)14)7-12(8)5-2-6-16-11-15;2*1-2/h3-4,7,11,15H,2,5-6H2,1H3;2*1-2H3/p+1. The van der Waals surface area contributed by atoms with Crippen LogP contribution in [0.15, 0.2) is 18.3 Å². The van der Waals surface area contributed by atoms with Crippen molar-refractivity contribution in [2.45, 2.75) is 47.6 Å². The van der Waals surface area contributed by atoms with E-state index in [2.05, 4.69) is 0 Å². The Morgan fingerprint density at radius 3 is 2.40 bits per heavy atom. The van der Waals surface area contributed by atoms with E-state index in [1.165, 1.54) is 11.9 Å². The lowest BCUT2D eigenvalue weighted by molar-refractivity contribution is -0.702. The highest BCUT2D eigenvalue weighted by atomic mass is 32.2. The molecule has 1 heterocycles. The van der Waals surface area contributed by atoms with Crippen molar-refractivity contribution in [3.8, 4) is 0 Å². The van der Waals surface area contributed by atoms with Crippen LogP contribution in [-0.2, 0) is 6.54 Å². The third-order valence-corrected chi connectivity index (χ3v) is 2.83. The summed E-state index contributed by atoms with van der Waals surface area (Å²) in [6, 6.07) is 3.39. The van der Waals surface area contributed by atoms with Crippen molar-refractivity contribution in [1.82, 2.24) is 4.89 Å². The summed E-state index contributed by atoms with van der Waals surface area (Å²) < 4.78 is 1.90. The molecular formula is C14H27N2O3S+. The van der Waals surface area contributed by atoms with E-state index in [-0.39, 0.29) is 0 Å². The number of carboxylic acids is 1. The molecule has 0 fully saturated rings. The van der Waals surface area contributed by atoms with Crippen molar-refractivity contribution in [3.63, 3.8) is 0 Å². The quantitative estimate of drug-likeness (QED) is 0.326. The molecule has 0 saturated carbocycles. The molecule has 0 atom stereocenters. The molecule has 20 heavy (non-hydrogen) atoms. The van der Waals surface area contributed by atoms with Crippen LogP contribution in [0.25, 0.3) is 0 Å². The van der Waals surface area contributed by atoms with Gasteiger partial charge in [-0.05, 0) is 6.07 Å². The van der Waals surface area contributed by atoms with Crippen LogP contribution in [0, 0.1) is 6.92 Å². The first-order valence-corrected chi connectivity index (χ1v) is 7.88. The molecular weight excluding hydrogens is 276 g/mol. The first-order valence-electron chi connectivity index (χ1n) is 6.89. The summed E-state index contributed by atoms with van der Waals surface area (Å²) in [7, 11) is 0. The van der Waals surface area contributed by atoms with Crippen LogP contribution in [0.1, 0.15) is 50.2 Å². The fraction of sp³-hybridized carbons (Fsp3) is 0.571. The van der Waals surface area contributed by atoms with Crippen LogP contribution in [-0.4, -0.2) is 22.0 Å². The van der Waals surface area contributed by atoms with Gasteiger partial charge in [0, 0.05) is 25.2 Å². The summed E-state index contributed by atoms with van der Waals surface area (Å²) in [4.78, 5) is 12.8. The molecule has 6 heteroatoms. The molecule has 1 aromatic heterocycles. The lowest BCUT2D eigenvalue weighted by atomic mass is 10.2. The van der Waals surface area contributed by atoms with Gasteiger partial charge in [-0.25, -0.2) is 9.36 Å². The molecule has 5 nitrogen and oxygen atoms in total. The molecule has 1 rings (SSSR count). The lowest BCUT2D eigenvalue weighted by Gasteiger charge is -2.01. The fourth-order valence-electron chi connectivity index (χ4n) is 1.34. The minimum Gasteiger partial charge on any atom is -0.477 e. The van der Waals surface area contributed by atoms with Crippen LogP contribution in [0.4, 0.5) is 0 Å². The second-order valence-corrected chi connectivity index (χ2v) is 4.23. The zero-order valence-corrected chi connectivity index (χ0v) is 13.8. The number of rotatable bonds is 6. The third kappa shape index (κ3) is 8.90. The number of carbonyl (C=O) groups is 1. The first-order chi connectivity index (χ1) is 9.65. The van der Waals surface area contributed by atoms with Gasteiger partial charge in [0.05, 0.1) is 0 Å². The largest absolute Gasteiger partial charge is 0.477 e. The number of nitrogens with one attached hydrogen (secondary N) is 1. The molecule has 0 amide bonds. The third-order valence-electron chi connectivity index (χ3n) is 2.21. The van der Waals surface area contributed by atoms with E-state index in [9.17, 15) is 4.79 Å². The Bertz CT molecular complexity index is 373. The second-order valence-electron chi connectivity index (χ2n) is 3.35. The number of aromatic carboxylic acids is 1. The molecule has 0 unspecified atom stereocenters. The summed E-state index contributed by atoms with van der Waals surface area (Å²) in [6.07, 6.45) is 2.49. The maximum Gasteiger partial charge on any atom is 0.341 e. The van der Waals surface area contributed by atoms with E-state index in [0.29, 0.717) is 5.56 Å². The zero-order chi connectivity index (χ0) is 16.0. The van der Waals surface area contributed by atoms with Crippen LogP contribution >= 0.6 is 11.9 Å². The van der Waals surface area contributed by atoms with Gasteiger partial charge in [0.15, 0.2) is 11.9 Å². The van der Waals surface area contributed by atoms with Crippen molar-refractivity contribution < 1.29 is 19.7 Å². The Hall–Kier alpha value is -1.11. The average molecular weight is 303 g/mol. The normalized spacial score (nSPS) is 8.90. The van der Waals surface area contributed by atoms with Gasteiger partial charge >= 0.3 is 5.97 Å². The van der Waals surface area contributed by atoms with Crippen molar-refractivity contribution in [2.24, 2.45) is 0 Å². The van der Waals surface area contributed by atoms with Gasteiger partial charge in [0.1, 0.15) is 12.1 Å². The number of hydrogen-bond donors (Lipinski definition) is 3. The molecule has 1 aromatic rings. The van der Waals surface area contributed by atoms with E-state index in [1.807, 2.05) is 44.1 Å². The summed E-state index contributed by atoms with van der Waals surface area (Å²) in [6.45, 7) is 10.7. The molecule has 3 N–H and O–H groups in total. The van der Waals surface area contributed by atoms with Gasteiger partial charge in [-0.2, -0.15) is 0 Å². The van der Waals surface area contributed by atoms with Crippen molar-refractivity contribution in [1.29, 1.82) is 0 Å². The van der Waals surface area contributed by atoms with Gasteiger partial charge in [-0.15, -0.1) is 4.89 Å². The molecule has 0 saturated heterocycles. The molecule has 0 aliphatic rings. The highest BCUT2D eigenvalue weighted by Crippen LogP contribution is 2.00. The minimum atomic E-state index is -0.917. The number of carboxylic acid groups (broad SMARTS) is 1. The van der Waals surface area contributed by atoms with Crippen molar-refractivity contribution in [3.05, 3.63) is 29.6 Å². The number of pyridine rings is 1. The first kappa shape index (κ1) is 21.2. The predicted molar refractivity (Wildman–Crippen MR) is 83.0 cm³/mol. The second kappa shape index (κ2) is 14.3. The number of hydrogen-bond acceptors (Lipinski definition) is 4. The summed E-state index contributed by atoms with van der Waals surface area (Å²) in [5.74, 6) is -0.152. The average Bonchev–Trinajstić information content (AvgIpc) is 2.49. The van der Waals surface area contributed by atoms with Gasteiger partial charge in [-0.3, -0.25) is 0 Å². The van der Waals surface area contributed by atoms with E-state index in [0.717, 1.165) is 24.4 Å². The van der Waals surface area contributed by atoms with E-state index in [1.54, 1.807) is 18.3 Å². The smallest absolute Gasteiger partial charge is 0.341 e. The number of aromatic nitrogens is 1. The van der Waals surface area contributed by atoms with Gasteiger partial charge in [0.2, 0.25) is 0 Å². The van der Waals surface area contributed by atoms with Crippen LogP contribution < -0.4 is 9.45 Å². The molecule has 0 aliphatic heterocycles. The highest BCUT2D eigenvalue weighted by molar-refractivity contribution is 7.97. The Morgan fingerprint density at radius 2 is 1.90 bits per heavy atom. The fourth-order valence-corrected chi connectivity index (χ4v) is 1.70. The van der Waals surface area contributed by atoms with Crippen molar-refractivity contribution >= 4 is 17.9 Å². The summed E-state index contributed by atoms with van der Waals surface area (Å²) in [5, 5.41) is 17.2.